The number of benzene rings is 1. The predicted molar refractivity (Wildman–Crippen MR) is 86.3 cm³/mol. The van der Waals surface area contributed by atoms with Gasteiger partial charge in [0.2, 0.25) is 5.91 Å². The number of amides is 1. The highest BCUT2D eigenvalue weighted by atomic mass is 16.5. The average molecular weight is 337 g/mol. The monoisotopic (exact) mass is 337 g/mol. The van der Waals surface area contributed by atoms with Crippen LogP contribution in [0.5, 0.6) is 11.5 Å². The molecular weight excluding hydrogens is 314 g/mol. The molecule has 24 heavy (non-hydrogen) atoms. The maximum atomic E-state index is 12.2. The third kappa shape index (κ3) is 5.73. The van der Waals surface area contributed by atoms with Gasteiger partial charge in [0.05, 0.1) is 32.8 Å². The second-order valence-corrected chi connectivity index (χ2v) is 5.56. The van der Waals surface area contributed by atoms with Gasteiger partial charge in [-0.05, 0) is 30.7 Å². The van der Waals surface area contributed by atoms with E-state index in [1.165, 1.54) is 0 Å². The van der Waals surface area contributed by atoms with Crippen LogP contribution in [-0.2, 0) is 14.3 Å². The molecule has 0 radical (unpaired) electrons. The molecule has 1 aliphatic rings. The van der Waals surface area contributed by atoms with E-state index in [1.54, 1.807) is 12.0 Å². The summed E-state index contributed by atoms with van der Waals surface area (Å²) in [6.07, 6.45) is 0.474. The van der Waals surface area contributed by atoms with Crippen LogP contribution in [0.4, 0.5) is 0 Å². The van der Waals surface area contributed by atoms with Gasteiger partial charge in [0.15, 0.2) is 0 Å². The fourth-order valence-corrected chi connectivity index (χ4v) is 2.51. The number of hydrogen-bond donors (Lipinski definition) is 1. The molecule has 0 spiro atoms. The lowest BCUT2D eigenvalue weighted by Gasteiger charge is -2.32. The van der Waals surface area contributed by atoms with Gasteiger partial charge < -0.3 is 24.2 Å². The first-order chi connectivity index (χ1) is 11.6. The van der Waals surface area contributed by atoms with Crippen molar-refractivity contribution in [3.05, 3.63) is 24.3 Å². The van der Waals surface area contributed by atoms with Crippen molar-refractivity contribution in [1.29, 1.82) is 0 Å². The summed E-state index contributed by atoms with van der Waals surface area (Å²) in [6.45, 7) is 1.67. The molecule has 7 heteroatoms. The fourth-order valence-electron chi connectivity index (χ4n) is 2.51. The maximum Gasteiger partial charge on any atom is 0.306 e. The van der Waals surface area contributed by atoms with Gasteiger partial charge in [-0.25, -0.2) is 0 Å². The highest BCUT2D eigenvalue weighted by molar-refractivity contribution is 5.76. The standard InChI is InChI=1S/C17H23NO6/c1-22-13-4-6-14(7-5-13)23-9-2-3-16(19)18-8-10-24-15(12-18)11-17(20)21/h4-7,15H,2-3,8-12H2,1H3,(H,20,21). The van der Waals surface area contributed by atoms with Gasteiger partial charge in [-0.3, -0.25) is 9.59 Å². The van der Waals surface area contributed by atoms with Crippen LogP contribution in [-0.4, -0.2) is 61.4 Å². The number of carboxylic acids is 1. The molecular formula is C17H23NO6. The minimum Gasteiger partial charge on any atom is -0.497 e. The molecule has 132 valence electrons. The van der Waals surface area contributed by atoms with Gasteiger partial charge in [0.25, 0.3) is 0 Å². The lowest BCUT2D eigenvalue weighted by molar-refractivity contribution is -0.147. The highest BCUT2D eigenvalue weighted by Gasteiger charge is 2.25. The second-order valence-electron chi connectivity index (χ2n) is 5.56. The number of aliphatic carboxylic acids is 1. The van der Waals surface area contributed by atoms with Crippen LogP contribution in [0.2, 0.25) is 0 Å². The van der Waals surface area contributed by atoms with E-state index in [0.29, 0.717) is 39.1 Å². The molecule has 7 nitrogen and oxygen atoms in total. The number of carbonyl (C=O) groups excluding carboxylic acids is 1. The van der Waals surface area contributed by atoms with Crippen molar-refractivity contribution in [1.82, 2.24) is 4.90 Å². The molecule has 1 aromatic rings. The number of hydrogen-bond acceptors (Lipinski definition) is 5. The van der Waals surface area contributed by atoms with E-state index in [1.807, 2.05) is 24.3 Å². The SMILES string of the molecule is COc1ccc(OCCCC(=O)N2CCOC(CC(=O)O)C2)cc1. The lowest BCUT2D eigenvalue weighted by Crippen LogP contribution is -2.46. The first-order valence-corrected chi connectivity index (χ1v) is 7.96. The van der Waals surface area contributed by atoms with Gasteiger partial charge in [0.1, 0.15) is 11.5 Å². The van der Waals surface area contributed by atoms with Crippen molar-refractivity contribution in [2.75, 3.05) is 33.4 Å². The minimum absolute atomic E-state index is 0.00650. The van der Waals surface area contributed by atoms with Crippen LogP contribution in [0.3, 0.4) is 0 Å². The molecule has 1 unspecified atom stereocenters. The molecule has 0 aliphatic carbocycles. The Balaban J connectivity index is 1.67. The summed E-state index contributed by atoms with van der Waals surface area (Å²) in [6, 6.07) is 7.27. The summed E-state index contributed by atoms with van der Waals surface area (Å²) in [4.78, 5) is 24.6. The number of carbonyl (C=O) groups is 2. The smallest absolute Gasteiger partial charge is 0.306 e. The summed E-state index contributed by atoms with van der Waals surface area (Å²) < 4.78 is 16.0. The number of nitrogens with zero attached hydrogens (tertiary/aromatic N) is 1. The zero-order chi connectivity index (χ0) is 17.4. The van der Waals surface area contributed by atoms with Gasteiger partial charge in [-0.15, -0.1) is 0 Å². The molecule has 1 atom stereocenters. The lowest BCUT2D eigenvalue weighted by atomic mass is 10.2. The van der Waals surface area contributed by atoms with Crippen LogP contribution >= 0.6 is 0 Å². The Morgan fingerprint density at radius 3 is 2.67 bits per heavy atom. The molecule has 1 N–H and O–H groups in total. The van der Waals surface area contributed by atoms with Crippen molar-refractivity contribution in [2.45, 2.75) is 25.4 Å². The third-order valence-electron chi connectivity index (χ3n) is 3.76. The number of ether oxygens (including phenoxy) is 3. The zero-order valence-corrected chi connectivity index (χ0v) is 13.8. The summed E-state index contributed by atoms with van der Waals surface area (Å²) in [7, 11) is 1.61. The normalized spacial score (nSPS) is 17.4. The molecule has 0 saturated carbocycles. The Hall–Kier alpha value is -2.28. The number of rotatable bonds is 8. The van der Waals surface area contributed by atoms with E-state index in [9.17, 15) is 9.59 Å². The van der Waals surface area contributed by atoms with Gasteiger partial charge in [0, 0.05) is 19.5 Å². The van der Waals surface area contributed by atoms with Crippen molar-refractivity contribution < 1.29 is 28.9 Å². The Bertz CT molecular complexity index is 545. The number of carboxylic acid groups (broad SMARTS) is 1. The minimum atomic E-state index is -0.915. The van der Waals surface area contributed by atoms with E-state index in [2.05, 4.69) is 0 Å². The van der Waals surface area contributed by atoms with Crippen molar-refractivity contribution >= 4 is 11.9 Å². The summed E-state index contributed by atoms with van der Waals surface area (Å²) in [5.41, 5.74) is 0. The Kier molecular flexibility index (Phi) is 6.87. The Morgan fingerprint density at radius 2 is 2.00 bits per heavy atom. The quantitative estimate of drug-likeness (QED) is 0.725. The van der Waals surface area contributed by atoms with E-state index in [4.69, 9.17) is 19.3 Å². The average Bonchev–Trinajstić information content (AvgIpc) is 2.58. The Labute approximate surface area is 141 Å². The van der Waals surface area contributed by atoms with Crippen molar-refractivity contribution in [2.24, 2.45) is 0 Å². The van der Waals surface area contributed by atoms with Gasteiger partial charge >= 0.3 is 5.97 Å². The van der Waals surface area contributed by atoms with E-state index in [0.717, 1.165) is 11.5 Å². The van der Waals surface area contributed by atoms with Crippen LogP contribution in [0.1, 0.15) is 19.3 Å². The van der Waals surface area contributed by atoms with Crippen LogP contribution < -0.4 is 9.47 Å². The Morgan fingerprint density at radius 1 is 1.29 bits per heavy atom. The fraction of sp³-hybridized carbons (Fsp3) is 0.529. The molecule has 0 aromatic heterocycles. The van der Waals surface area contributed by atoms with Crippen LogP contribution in [0.25, 0.3) is 0 Å². The van der Waals surface area contributed by atoms with E-state index >= 15 is 0 Å². The molecule has 1 heterocycles. The first-order valence-electron chi connectivity index (χ1n) is 7.96. The number of morpholine rings is 1. The zero-order valence-electron chi connectivity index (χ0n) is 13.8. The van der Waals surface area contributed by atoms with Crippen molar-refractivity contribution in [3.8, 4) is 11.5 Å². The number of methoxy groups -OCH3 is 1. The summed E-state index contributed by atoms with van der Waals surface area (Å²) >= 11 is 0. The summed E-state index contributed by atoms with van der Waals surface area (Å²) in [5, 5.41) is 8.80. The van der Waals surface area contributed by atoms with Gasteiger partial charge in [-0.1, -0.05) is 0 Å². The highest BCUT2D eigenvalue weighted by Crippen LogP contribution is 2.17. The van der Waals surface area contributed by atoms with Crippen molar-refractivity contribution in [3.63, 3.8) is 0 Å². The molecule has 1 aliphatic heterocycles. The van der Waals surface area contributed by atoms with Crippen LogP contribution in [0.15, 0.2) is 24.3 Å². The second kappa shape index (κ2) is 9.12. The molecule has 1 fully saturated rings. The molecule has 1 aromatic carbocycles. The largest absolute Gasteiger partial charge is 0.497 e. The molecule has 1 amide bonds. The molecule has 1 saturated heterocycles. The maximum absolute atomic E-state index is 12.2. The third-order valence-corrected chi connectivity index (χ3v) is 3.76. The topological polar surface area (TPSA) is 85.3 Å². The molecule has 0 bridgehead atoms. The van der Waals surface area contributed by atoms with Gasteiger partial charge in [-0.2, -0.15) is 0 Å². The molecule has 2 rings (SSSR count). The predicted octanol–water partition coefficient (Wildman–Crippen LogP) is 1.56. The van der Waals surface area contributed by atoms with Crippen LogP contribution in [0, 0.1) is 0 Å². The van der Waals surface area contributed by atoms with E-state index in [-0.39, 0.29) is 12.3 Å². The summed E-state index contributed by atoms with van der Waals surface area (Å²) in [5.74, 6) is 0.589. The van der Waals surface area contributed by atoms with E-state index < -0.39 is 12.1 Å². The first kappa shape index (κ1) is 18.1.